The average molecular weight is 653 g/mol. The Morgan fingerprint density at radius 1 is 0.708 bits per heavy atom. The third-order valence-corrected chi connectivity index (χ3v) is 8.98. The summed E-state index contributed by atoms with van der Waals surface area (Å²) in [6, 6.07) is 21.9. The van der Waals surface area contributed by atoms with Crippen molar-refractivity contribution in [3.8, 4) is 11.5 Å². The van der Waals surface area contributed by atoms with Crippen LogP contribution in [0.15, 0.2) is 78.9 Å². The highest BCUT2D eigenvalue weighted by molar-refractivity contribution is 6.06. The van der Waals surface area contributed by atoms with Crippen molar-refractivity contribution in [3.05, 3.63) is 101 Å². The molecule has 248 valence electrons. The van der Waals surface area contributed by atoms with Gasteiger partial charge in [-0.05, 0) is 78.6 Å². The number of ketones is 1. The summed E-state index contributed by atoms with van der Waals surface area (Å²) in [5.41, 5.74) is 2.90. The van der Waals surface area contributed by atoms with Crippen LogP contribution in [0.2, 0.25) is 0 Å². The van der Waals surface area contributed by atoms with Gasteiger partial charge in [-0.15, -0.1) is 0 Å². The number of carbonyl (C=O) groups is 5. The van der Waals surface area contributed by atoms with Gasteiger partial charge in [-0.25, -0.2) is 0 Å². The molecule has 10 nitrogen and oxygen atoms in total. The van der Waals surface area contributed by atoms with Crippen LogP contribution in [-0.2, 0) is 33.4 Å². The zero-order valence-corrected chi connectivity index (χ0v) is 26.3. The van der Waals surface area contributed by atoms with Crippen LogP contribution >= 0.6 is 0 Å². The largest absolute Gasteiger partial charge is 0.494 e. The Labute approximate surface area is 278 Å². The van der Waals surface area contributed by atoms with E-state index in [1.54, 1.807) is 36.4 Å². The lowest BCUT2D eigenvalue weighted by atomic mass is 9.67. The summed E-state index contributed by atoms with van der Waals surface area (Å²) < 4.78 is 27.0. The third kappa shape index (κ3) is 7.71. The van der Waals surface area contributed by atoms with Crippen LogP contribution in [-0.4, -0.2) is 49.7 Å². The number of carbonyl (C=O) groups excluding carboxylic acids is 5. The van der Waals surface area contributed by atoms with Crippen LogP contribution in [0.25, 0.3) is 6.08 Å². The normalized spacial score (nSPS) is 21.5. The van der Waals surface area contributed by atoms with Gasteiger partial charge < -0.3 is 23.7 Å². The Bertz CT molecular complexity index is 1690. The Morgan fingerprint density at radius 2 is 1.44 bits per heavy atom. The molecule has 0 spiro atoms. The highest BCUT2D eigenvalue weighted by Crippen LogP contribution is 2.51. The van der Waals surface area contributed by atoms with Crippen molar-refractivity contribution in [3.63, 3.8) is 0 Å². The molecule has 3 aliphatic rings. The van der Waals surface area contributed by atoms with Gasteiger partial charge in [0.25, 0.3) is 0 Å². The second kappa shape index (κ2) is 15.2. The SMILES string of the molecule is O=C1CC(C2CC3C(=O)OC(=O)C3c3cc(OCCCCCCOCOc4ccc(C=CC(=O)c5ccccc5)cc4)ccc32)C(=O)O1. The van der Waals surface area contributed by atoms with Gasteiger partial charge in [0, 0.05) is 5.56 Å². The summed E-state index contributed by atoms with van der Waals surface area (Å²) in [7, 11) is 0. The molecule has 0 N–H and O–H groups in total. The summed E-state index contributed by atoms with van der Waals surface area (Å²) in [5, 5.41) is 0. The molecule has 1 aliphatic carbocycles. The van der Waals surface area contributed by atoms with Crippen LogP contribution in [0.1, 0.15) is 77.4 Å². The number of rotatable bonds is 15. The smallest absolute Gasteiger partial charge is 0.321 e. The van der Waals surface area contributed by atoms with Crippen LogP contribution in [0.3, 0.4) is 0 Å². The minimum Gasteiger partial charge on any atom is -0.494 e. The van der Waals surface area contributed by atoms with E-state index >= 15 is 0 Å². The van der Waals surface area contributed by atoms with Gasteiger partial charge in [-0.3, -0.25) is 24.0 Å². The first-order valence-electron chi connectivity index (χ1n) is 16.2. The molecule has 2 fully saturated rings. The number of unbranched alkanes of at least 4 members (excludes halogenated alkanes) is 3. The molecule has 4 atom stereocenters. The third-order valence-electron chi connectivity index (χ3n) is 8.98. The molecular weight excluding hydrogens is 616 g/mol. The zero-order valence-electron chi connectivity index (χ0n) is 26.3. The van der Waals surface area contributed by atoms with Crippen LogP contribution in [0.5, 0.6) is 11.5 Å². The molecule has 0 radical (unpaired) electrons. The van der Waals surface area contributed by atoms with Crippen LogP contribution < -0.4 is 9.47 Å². The monoisotopic (exact) mass is 652 g/mol. The fourth-order valence-corrected chi connectivity index (χ4v) is 6.51. The van der Waals surface area contributed by atoms with E-state index in [1.807, 2.05) is 48.5 Å². The molecule has 2 aliphatic heterocycles. The van der Waals surface area contributed by atoms with Gasteiger partial charge in [0.1, 0.15) is 11.5 Å². The molecule has 0 saturated carbocycles. The minimum atomic E-state index is -0.747. The van der Waals surface area contributed by atoms with E-state index in [2.05, 4.69) is 0 Å². The summed E-state index contributed by atoms with van der Waals surface area (Å²) in [6.07, 6.45) is 7.09. The lowest BCUT2D eigenvalue weighted by molar-refractivity contribution is -0.155. The van der Waals surface area contributed by atoms with Gasteiger partial charge in [-0.1, -0.05) is 61.0 Å². The number of allylic oxidation sites excluding steroid dienone is 1. The van der Waals surface area contributed by atoms with Crippen molar-refractivity contribution in [2.45, 2.75) is 50.4 Å². The van der Waals surface area contributed by atoms with Crippen LogP contribution in [0.4, 0.5) is 0 Å². The van der Waals surface area contributed by atoms with Crippen molar-refractivity contribution in [1.29, 1.82) is 0 Å². The molecule has 2 saturated heterocycles. The van der Waals surface area contributed by atoms with Gasteiger partial charge in [0.15, 0.2) is 12.6 Å². The summed E-state index contributed by atoms with van der Waals surface area (Å²) in [6.45, 7) is 1.18. The molecular formula is C38H36O10. The molecule has 6 rings (SSSR count). The summed E-state index contributed by atoms with van der Waals surface area (Å²) in [5.74, 6) is -3.74. The number of hydrogen-bond acceptors (Lipinski definition) is 10. The van der Waals surface area contributed by atoms with Crippen molar-refractivity contribution in [1.82, 2.24) is 0 Å². The highest BCUT2D eigenvalue weighted by Gasteiger charge is 2.53. The number of esters is 4. The molecule has 10 heteroatoms. The summed E-state index contributed by atoms with van der Waals surface area (Å²) >= 11 is 0. The molecule has 4 unspecified atom stereocenters. The highest BCUT2D eigenvalue weighted by atomic mass is 16.7. The molecule has 48 heavy (non-hydrogen) atoms. The maximum absolute atomic E-state index is 12.6. The maximum Gasteiger partial charge on any atom is 0.321 e. The molecule has 3 aromatic rings. The second-order valence-corrected chi connectivity index (χ2v) is 12.1. The predicted octanol–water partition coefficient (Wildman–Crippen LogP) is 5.94. The van der Waals surface area contributed by atoms with E-state index in [4.69, 9.17) is 23.7 Å². The average Bonchev–Trinajstić information content (AvgIpc) is 3.59. The standard InChI is InChI=1S/C38H36O10/c39-33(25-8-4-3-5-9-25)17-12-24-10-13-26(14-11-24)46-23-44-18-6-1-2-7-19-45-27-15-16-28-29(31-22-34(40)47-36(31)41)21-32-35(30(28)20-27)38(43)48-37(32)42/h3-5,8-17,20,29,31-32,35H,1-2,6-7,18-19,21-23H2. The molecule has 2 heterocycles. The van der Waals surface area contributed by atoms with E-state index in [1.165, 1.54) is 0 Å². The predicted molar refractivity (Wildman–Crippen MR) is 172 cm³/mol. The quantitative estimate of drug-likeness (QED) is 0.0486. The molecule has 0 bridgehead atoms. The number of benzene rings is 3. The molecule has 3 aromatic carbocycles. The zero-order chi connectivity index (χ0) is 33.5. The first-order chi connectivity index (χ1) is 23.4. The fourth-order valence-electron chi connectivity index (χ4n) is 6.51. The van der Waals surface area contributed by atoms with Gasteiger partial charge in [-0.2, -0.15) is 0 Å². The lowest BCUT2D eigenvalue weighted by Gasteiger charge is -2.33. The Morgan fingerprint density at radius 3 is 2.19 bits per heavy atom. The van der Waals surface area contributed by atoms with E-state index in [9.17, 15) is 24.0 Å². The minimum absolute atomic E-state index is 0.0483. The van der Waals surface area contributed by atoms with E-state index in [-0.39, 0.29) is 25.4 Å². The van der Waals surface area contributed by atoms with Crippen LogP contribution in [0, 0.1) is 11.8 Å². The topological polar surface area (TPSA) is 132 Å². The van der Waals surface area contributed by atoms with Crippen molar-refractivity contribution >= 4 is 35.7 Å². The molecule has 0 aromatic heterocycles. The number of cyclic esters (lactones) is 4. The Kier molecular flexibility index (Phi) is 10.4. The van der Waals surface area contributed by atoms with Gasteiger partial charge >= 0.3 is 23.9 Å². The van der Waals surface area contributed by atoms with E-state index < -0.39 is 47.5 Å². The second-order valence-electron chi connectivity index (χ2n) is 12.1. The van der Waals surface area contributed by atoms with E-state index in [0.29, 0.717) is 35.8 Å². The van der Waals surface area contributed by atoms with Crippen molar-refractivity contribution < 1.29 is 47.7 Å². The number of fused-ring (bicyclic) bond motifs is 3. The van der Waals surface area contributed by atoms with Gasteiger partial charge in [0.05, 0.1) is 37.4 Å². The van der Waals surface area contributed by atoms with Gasteiger partial charge in [0.2, 0.25) is 0 Å². The maximum atomic E-state index is 12.6. The van der Waals surface area contributed by atoms with Crippen molar-refractivity contribution in [2.24, 2.45) is 11.8 Å². The molecule has 0 amide bonds. The first-order valence-corrected chi connectivity index (χ1v) is 16.2. The first kappa shape index (κ1) is 32.8. The van der Waals surface area contributed by atoms with E-state index in [0.717, 1.165) is 36.8 Å². The number of ether oxygens (including phenoxy) is 5. The number of hydrogen-bond donors (Lipinski definition) is 0. The Balaban J connectivity index is 0.886. The fraction of sp³-hybridized carbons (Fsp3) is 0.342. The van der Waals surface area contributed by atoms with Crippen molar-refractivity contribution in [2.75, 3.05) is 20.0 Å². The Hall–Kier alpha value is -5.09. The lowest BCUT2D eigenvalue weighted by Crippen LogP contribution is -2.31. The summed E-state index contributed by atoms with van der Waals surface area (Å²) in [4.78, 5) is 61.4.